The van der Waals surface area contributed by atoms with E-state index in [1.807, 2.05) is 16.0 Å². The highest BCUT2D eigenvalue weighted by Gasteiger charge is 2.30. The first kappa shape index (κ1) is 16.9. The SMILES string of the molecule is CC(=O)N1CCc2nc([C@@H]3CCN(C(=O)CC(C)C)C3)ncc2C1. The van der Waals surface area contributed by atoms with Crippen molar-refractivity contribution in [1.82, 2.24) is 19.8 Å². The lowest BCUT2D eigenvalue weighted by molar-refractivity contribution is -0.131. The molecule has 6 nitrogen and oxygen atoms in total. The smallest absolute Gasteiger partial charge is 0.222 e. The molecule has 0 aromatic carbocycles. The van der Waals surface area contributed by atoms with Gasteiger partial charge in [0.15, 0.2) is 0 Å². The average molecular weight is 330 g/mol. The summed E-state index contributed by atoms with van der Waals surface area (Å²) in [6, 6.07) is 0. The van der Waals surface area contributed by atoms with Crippen LogP contribution in [0.3, 0.4) is 0 Å². The number of carbonyl (C=O) groups is 2. The van der Waals surface area contributed by atoms with Crippen molar-refractivity contribution in [1.29, 1.82) is 0 Å². The lowest BCUT2D eigenvalue weighted by Crippen LogP contribution is -2.35. The van der Waals surface area contributed by atoms with Gasteiger partial charge in [-0.15, -0.1) is 0 Å². The number of amides is 2. The molecular formula is C18H26N4O2. The van der Waals surface area contributed by atoms with Crippen LogP contribution in [0.25, 0.3) is 0 Å². The normalized spacial score (nSPS) is 20.4. The highest BCUT2D eigenvalue weighted by molar-refractivity contribution is 5.76. The minimum Gasteiger partial charge on any atom is -0.342 e. The summed E-state index contributed by atoms with van der Waals surface area (Å²) in [5, 5.41) is 0. The Bertz CT molecular complexity index is 644. The van der Waals surface area contributed by atoms with E-state index in [1.165, 1.54) is 0 Å². The molecule has 0 spiro atoms. The van der Waals surface area contributed by atoms with Gasteiger partial charge in [0.25, 0.3) is 0 Å². The lowest BCUT2D eigenvalue weighted by Gasteiger charge is -2.27. The van der Waals surface area contributed by atoms with Crippen molar-refractivity contribution < 1.29 is 9.59 Å². The summed E-state index contributed by atoms with van der Waals surface area (Å²) in [5.41, 5.74) is 2.11. The highest BCUT2D eigenvalue weighted by Crippen LogP contribution is 2.27. The molecule has 130 valence electrons. The molecule has 3 heterocycles. The van der Waals surface area contributed by atoms with E-state index in [0.29, 0.717) is 18.9 Å². The second kappa shape index (κ2) is 6.87. The monoisotopic (exact) mass is 330 g/mol. The van der Waals surface area contributed by atoms with Crippen LogP contribution < -0.4 is 0 Å². The number of hydrogen-bond donors (Lipinski definition) is 0. The van der Waals surface area contributed by atoms with Gasteiger partial charge in [-0.1, -0.05) is 13.8 Å². The second-order valence-electron chi connectivity index (χ2n) is 7.31. The predicted octanol–water partition coefficient (Wildman–Crippen LogP) is 1.74. The van der Waals surface area contributed by atoms with E-state index >= 15 is 0 Å². The van der Waals surface area contributed by atoms with Crippen LogP contribution in [0.2, 0.25) is 0 Å². The first-order chi connectivity index (χ1) is 11.4. The fourth-order valence-electron chi connectivity index (χ4n) is 3.47. The van der Waals surface area contributed by atoms with Gasteiger partial charge in [-0.2, -0.15) is 0 Å². The number of aromatic nitrogens is 2. The van der Waals surface area contributed by atoms with Crippen molar-refractivity contribution in [2.45, 2.75) is 52.5 Å². The third-order valence-electron chi connectivity index (χ3n) is 4.89. The highest BCUT2D eigenvalue weighted by atomic mass is 16.2. The maximum atomic E-state index is 12.2. The van der Waals surface area contributed by atoms with Crippen LogP contribution in [0.4, 0.5) is 0 Å². The zero-order valence-electron chi connectivity index (χ0n) is 14.8. The van der Waals surface area contributed by atoms with Gasteiger partial charge in [-0.05, 0) is 12.3 Å². The van der Waals surface area contributed by atoms with Crippen molar-refractivity contribution in [3.05, 3.63) is 23.3 Å². The molecular weight excluding hydrogens is 304 g/mol. The summed E-state index contributed by atoms with van der Waals surface area (Å²) >= 11 is 0. The minimum atomic E-state index is 0.0971. The zero-order valence-corrected chi connectivity index (χ0v) is 14.8. The van der Waals surface area contributed by atoms with Gasteiger partial charge < -0.3 is 9.80 Å². The molecule has 0 saturated carbocycles. The molecule has 3 rings (SSSR count). The Morgan fingerprint density at radius 2 is 2.08 bits per heavy atom. The fraction of sp³-hybridized carbons (Fsp3) is 0.667. The van der Waals surface area contributed by atoms with E-state index in [0.717, 1.165) is 49.6 Å². The van der Waals surface area contributed by atoms with Crippen LogP contribution in [-0.2, 0) is 22.6 Å². The number of likely N-dealkylation sites (tertiary alicyclic amines) is 1. The van der Waals surface area contributed by atoms with Crippen molar-refractivity contribution >= 4 is 11.8 Å². The third kappa shape index (κ3) is 3.57. The predicted molar refractivity (Wildman–Crippen MR) is 90.2 cm³/mol. The number of rotatable bonds is 3. The molecule has 2 aliphatic heterocycles. The topological polar surface area (TPSA) is 66.4 Å². The second-order valence-corrected chi connectivity index (χ2v) is 7.31. The van der Waals surface area contributed by atoms with Crippen LogP contribution in [0.5, 0.6) is 0 Å². The van der Waals surface area contributed by atoms with Crippen LogP contribution in [0, 0.1) is 5.92 Å². The number of hydrogen-bond acceptors (Lipinski definition) is 4. The average Bonchev–Trinajstić information content (AvgIpc) is 3.03. The van der Waals surface area contributed by atoms with Gasteiger partial charge in [0.2, 0.25) is 11.8 Å². The number of nitrogens with zero attached hydrogens (tertiary/aromatic N) is 4. The van der Waals surface area contributed by atoms with E-state index in [1.54, 1.807) is 6.92 Å². The van der Waals surface area contributed by atoms with E-state index in [4.69, 9.17) is 4.98 Å². The fourth-order valence-corrected chi connectivity index (χ4v) is 3.47. The Morgan fingerprint density at radius 3 is 2.79 bits per heavy atom. The standard InChI is InChI=1S/C18H26N4O2/c1-12(2)8-17(24)22-6-4-14(10-22)18-19-9-15-11-21(13(3)23)7-5-16(15)20-18/h9,12,14H,4-8,10-11H2,1-3H3/t14-/m1/s1. The molecule has 1 saturated heterocycles. The molecule has 1 aromatic heterocycles. The van der Waals surface area contributed by atoms with Crippen molar-refractivity contribution in [3.8, 4) is 0 Å². The Hall–Kier alpha value is -1.98. The quantitative estimate of drug-likeness (QED) is 0.847. The number of carbonyl (C=O) groups excluding carboxylic acids is 2. The molecule has 1 fully saturated rings. The molecule has 0 bridgehead atoms. The minimum absolute atomic E-state index is 0.0971. The van der Waals surface area contributed by atoms with Gasteiger partial charge in [-0.25, -0.2) is 9.97 Å². The van der Waals surface area contributed by atoms with Crippen molar-refractivity contribution in [2.75, 3.05) is 19.6 Å². The molecule has 2 amide bonds. The number of fused-ring (bicyclic) bond motifs is 1. The third-order valence-corrected chi connectivity index (χ3v) is 4.89. The zero-order chi connectivity index (χ0) is 17.3. The van der Waals surface area contributed by atoms with E-state index in [9.17, 15) is 9.59 Å². The Balaban J connectivity index is 1.67. The molecule has 24 heavy (non-hydrogen) atoms. The maximum absolute atomic E-state index is 12.2. The molecule has 2 aliphatic rings. The summed E-state index contributed by atoms with van der Waals surface area (Å²) in [7, 11) is 0. The van der Waals surface area contributed by atoms with Gasteiger partial charge in [-0.3, -0.25) is 9.59 Å². The van der Waals surface area contributed by atoms with E-state index in [2.05, 4.69) is 18.8 Å². The molecule has 1 atom stereocenters. The van der Waals surface area contributed by atoms with Gasteiger partial charge in [0.05, 0.1) is 5.69 Å². The first-order valence-electron chi connectivity index (χ1n) is 8.82. The Labute approximate surface area is 143 Å². The summed E-state index contributed by atoms with van der Waals surface area (Å²) in [5.74, 6) is 1.81. The van der Waals surface area contributed by atoms with Crippen LogP contribution in [0.15, 0.2) is 6.20 Å². The summed E-state index contributed by atoms with van der Waals surface area (Å²) < 4.78 is 0. The molecule has 0 N–H and O–H groups in total. The molecule has 0 radical (unpaired) electrons. The van der Waals surface area contributed by atoms with Crippen LogP contribution >= 0.6 is 0 Å². The largest absolute Gasteiger partial charge is 0.342 e. The van der Waals surface area contributed by atoms with Crippen LogP contribution in [0.1, 0.15) is 56.6 Å². The van der Waals surface area contributed by atoms with Gasteiger partial charge >= 0.3 is 0 Å². The lowest BCUT2D eigenvalue weighted by atomic mass is 10.0. The Morgan fingerprint density at radius 1 is 1.29 bits per heavy atom. The van der Waals surface area contributed by atoms with Gasteiger partial charge in [0.1, 0.15) is 5.82 Å². The molecule has 0 aliphatic carbocycles. The van der Waals surface area contributed by atoms with Crippen molar-refractivity contribution in [3.63, 3.8) is 0 Å². The molecule has 1 aromatic rings. The Kier molecular flexibility index (Phi) is 4.83. The molecule has 6 heteroatoms. The maximum Gasteiger partial charge on any atom is 0.222 e. The molecule has 0 unspecified atom stereocenters. The first-order valence-corrected chi connectivity index (χ1v) is 8.82. The summed E-state index contributed by atoms with van der Waals surface area (Å²) in [6.45, 7) is 8.60. The summed E-state index contributed by atoms with van der Waals surface area (Å²) in [4.78, 5) is 36.8. The van der Waals surface area contributed by atoms with E-state index < -0.39 is 0 Å². The van der Waals surface area contributed by atoms with Crippen molar-refractivity contribution in [2.24, 2.45) is 5.92 Å². The van der Waals surface area contributed by atoms with Gasteiger partial charge in [0, 0.05) is 63.6 Å². The van der Waals surface area contributed by atoms with Crippen LogP contribution in [-0.4, -0.2) is 51.2 Å². The van der Waals surface area contributed by atoms with E-state index in [-0.39, 0.29) is 17.7 Å². The summed E-state index contributed by atoms with van der Waals surface area (Å²) in [6.07, 6.45) is 4.19.